The van der Waals surface area contributed by atoms with Crippen molar-refractivity contribution in [2.24, 2.45) is 4.99 Å². The first-order valence-electron chi connectivity index (χ1n) is 6.74. The van der Waals surface area contributed by atoms with Crippen LogP contribution < -0.4 is 10.1 Å². The Hall–Kier alpha value is -1.62. The maximum atomic E-state index is 5.37. The minimum Gasteiger partial charge on any atom is -0.497 e. The number of rotatable bonds is 4. The number of methoxy groups -OCH3 is 1. The molecule has 106 valence electrons. The fourth-order valence-electron chi connectivity index (χ4n) is 2.75. The van der Waals surface area contributed by atoms with Crippen LogP contribution in [0.25, 0.3) is 10.9 Å². The Kier molecular flexibility index (Phi) is 3.61. The zero-order chi connectivity index (χ0) is 14.1. The molecule has 1 aromatic heterocycles. The van der Waals surface area contributed by atoms with Gasteiger partial charge in [0.25, 0.3) is 0 Å². The predicted molar refractivity (Wildman–Crippen MR) is 86.1 cm³/mol. The van der Waals surface area contributed by atoms with Crippen molar-refractivity contribution >= 4 is 28.7 Å². The van der Waals surface area contributed by atoms with Crippen molar-refractivity contribution < 1.29 is 4.74 Å². The van der Waals surface area contributed by atoms with Crippen LogP contribution in [0.5, 0.6) is 5.75 Å². The summed E-state index contributed by atoms with van der Waals surface area (Å²) in [4.78, 5) is 4.51. The number of hydrogen-bond donors (Lipinski definition) is 1. The van der Waals surface area contributed by atoms with Crippen LogP contribution in [0.4, 0.5) is 0 Å². The van der Waals surface area contributed by atoms with Crippen LogP contribution in [-0.2, 0) is 6.42 Å². The molecule has 0 unspecified atom stereocenters. The molecule has 1 aromatic carbocycles. The molecule has 1 aliphatic heterocycles. The average Bonchev–Trinajstić information content (AvgIpc) is 3.06. The Labute approximate surface area is 123 Å². The zero-order valence-corrected chi connectivity index (χ0v) is 12.9. The van der Waals surface area contributed by atoms with Gasteiger partial charge in [0.2, 0.25) is 0 Å². The van der Waals surface area contributed by atoms with Crippen LogP contribution in [0.15, 0.2) is 23.2 Å². The van der Waals surface area contributed by atoms with E-state index < -0.39 is 0 Å². The number of aliphatic imine (C=N–C) groups is 1. The van der Waals surface area contributed by atoms with Crippen LogP contribution in [0.1, 0.15) is 11.3 Å². The SMILES string of the molecule is COc1ccc2c(c1)c(CC1=NCCN1)c(C)n2SC. The molecule has 3 rings (SSSR count). The molecule has 0 saturated carbocycles. The van der Waals surface area contributed by atoms with Gasteiger partial charge >= 0.3 is 0 Å². The van der Waals surface area contributed by atoms with Crippen molar-refractivity contribution in [2.45, 2.75) is 13.3 Å². The molecule has 0 fully saturated rings. The topological polar surface area (TPSA) is 38.5 Å². The summed E-state index contributed by atoms with van der Waals surface area (Å²) in [5.41, 5.74) is 3.86. The second kappa shape index (κ2) is 5.40. The summed E-state index contributed by atoms with van der Waals surface area (Å²) in [6.07, 6.45) is 2.97. The third-order valence-corrected chi connectivity index (χ3v) is 4.60. The van der Waals surface area contributed by atoms with Gasteiger partial charge in [-0.25, -0.2) is 0 Å². The first-order valence-corrected chi connectivity index (χ1v) is 7.92. The van der Waals surface area contributed by atoms with Crippen molar-refractivity contribution in [3.63, 3.8) is 0 Å². The lowest BCUT2D eigenvalue weighted by Gasteiger charge is -2.04. The normalized spacial score (nSPS) is 14.4. The van der Waals surface area contributed by atoms with Crippen molar-refractivity contribution in [1.82, 2.24) is 9.29 Å². The Morgan fingerprint density at radius 3 is 2.95 bits per heavy atom. The molecule has 2 heterocycles. The molecule has 0 radical (unpaired) electrons. The van der Waals surface area contributed by atoms with Crippen molar-refractivity contribution in [2.75, 3.05) is 26.5 Å². The number of hydrogen-bond acceptors (Lipinski definition) is 4. The van der Waals surface area contributed by atoms with Crippen molar-refractivity contribution in [3.05, 3.63) is 29.5 Å². The van der Waals surface area contributed by atoms with E-state index in [0.29, 0.717) is 0 Å². The van der Waals surface area contributed by atoms with Gasteiger partial charge in [-0.2, -0.15) is 0 Å². The molecule has 4 nitrogen and oxygen atoms in total. The second-order valence-corrected chi connectivity index (χ2v) is 5.59. The van der Waals surface area contributed by atoms with Gasteiger partial charge < -0.3 is 10.1 Å². The monoisotopic (exact) mass is 289 g/mol. The number of ether oxygens (including phenoxy) is 1. The molecule has 1 aliphatic rings. The first-order chi connectivity index (χ1) is 9.74. The Bertz CT molecular complexity index is 675. The largest absolute Gasteiger partial charge is 0.497 e. The smallest absolute Gasteiger partial charge is 0.119 e. The van der Waals surface area contributed by atoms with E-state index in [1.807, 2.05) is 6.07 Å². The third kappa shape index (κ3) is 2.16. The highest BCUT2D eigenvalue weighted by Gasteiger charge is 2.17. The fraction of sp³-hybridized carbons (Fsp3) is 0.400. The number of benzene rings is 1. The van der Waals surface area contributed by atoms with E-state index in [1.54, 1.807) is 19.1 Å². The maximum absolute atomic E-state index is 5.37. The van der Waals surface area contributed by atoms with E-state index in [4.69, 9.17) is 4.74 Å². The summed E-state index contributed by atoms with van der Waals surface area (Å²) in [5.74, 6) is 1.99. The van der Waals surface area contributed by atoms with Gasteiger partial charge in [-0.3, -0.25) is 8.96 Å². The van der Waals surface area contributed by atoms with Gasteiger partial charge in [0, 0.05) is 30.3 Å². The predicted octanol–water partition coefficient (Wildman–Crippen LogP) is 2.63. The fourth-order valence-corrected chi connectivity index (χ4v) is 3.49. The van der Waals surface area contributed by atoms with E-state index in [0.717, 1.165) is 31.1 Å². The van der Waals surface area contributed by atoms with E-state index >= 15 is 0 Å². The van der Waals surface area contributed by atoms with Gasteiger partial charge in [-0.1, -0.05) is 0 Å². The van der Waals surface area contributed by atoms with Gasteiger partial charge in [0.15, 0.2) is 0 Å². The second-order valence-electron chi connectivity index (χ2n) is 4.86. The van der Waals surface area contributed by atoms with E-state index in [9.17, 15) is 0 Å². The molecule has 0 saturated heterocycles. The Morgan fingerprint density at radius 2 is 2.30 bits per heavy atom. The molecule has 0 bridgehead atoms. The summed E-state index contributed by atoms with van der Waals surface area (Å²) in [6.45, 7) is 4.02. The highest BCUT2D eigenvalue weighted by atomic mass is 32.2. The average molecular weight is 289 g/mol. The van der Waals surface area contributed by atoms with E-state index in [1.165, 1.54) is 22.2 Å². The lowest BCUT2D eigenvalue weighted by Crippen LogP contribution is -2.20. The highest BCUT2D eigenvalue weighted by Crippen LogP contribution is 2.32. The summed E-state index contributed by atoms with van der Waals surface area (Å²) in [5, 5.41) is 4.61. The molecular weight excluding hydrogens is 270 g/mol. The van der Waals surface area contributed by atoms with Gasteiger partial charge in [0.1, 0.15) is 11.6 Å². The lowest BCUT2D eigenvalue weighted by molar-refractivity contribution is 0.415. The molecule has 0 spiro atoms. The molecule has 0 atom stereocenters. The standard InChI is InChI=1S/C15H19N3OS/c1-10-12(9-15-16-6-7-17-15)13-8-11(19-2)4-5-14(13)18(10)20-3/h4-5,8H,6-7,9H2,1-3H3,(H,16,17). The van der Waals surface area contributed by atoms with Crippen LogP contribution in [-0.4, -0.2) is 36.3 Å². The molecule has 5 heteroatoms. The summed E-state index contributed by atoms with van der Waals surface area (Å²) in [6, 6.07) is 6.27. The lowest BCUT2D eigenvalue weighted by atomic mass is 10.1. The highest BCUT2D eigenvalue weighted by molar-refractivity contribution is 7.97. The molecule has 0 amide bonds. The number of amidine groups is 1. The van der Waals surface area contributed by atoms with E-state index in [-0.39, 0.29) is 0 Å². The van der Waals surface area contributed by atoms with Crippen LogP contribution in [0, 0.1) is 6.92 Å². The number of aromatic nitrogens is 1. The van der Waals surface area contributed by atoms with Crippen LogP contribution >= 0.6 is 11.9 Å². The Morgan fingerprint density at radius 1 is 1.45 bits per heavy atom. The van der Waals surface area contributed by atoms with Gasteiger partial charge in [-0.15, -0.1) is 0 Å². The Balaban J connectivity index is 2.14. The van der Waals surface area contributed by atoms with Gasteiger partial charge in [-0.05, 0) is 42.6 Å². The third-order valence-electron chi connectivity index (χ3n) is 3.76. The molecule has 0 aliphatic carbocycles. The molecule has 1 N–H and O–H groups in total. The molecule has 20 heavy (non-hydrogen) atoms. The summed E-state index contributed by atoms with van der Waals surface area (Å²) in [7, 11) is 1.71. The zero-order valence-electron chi connectivity index (χ0n) is 12.1. The van der Waals surface area contributed by atoms with Crippen molar-refractivity contribution in [1.29, 1.82) is 0 Å². The van der Waals surface area contributed by atoms with Crippen LogP contribution in [0.3, 0.4) is 0 Å². The number of nitrogens with zero attached hydrogens (tertiary/aromatic N) is 2. The minimum absolute atomic E-state index is 0.864. The van der Waals surface area contributed by atoms with Crippen molar-refractivity contribution in [3.8, 4) is 5.75 Å². The number of nitrogens with one attached hydrogen (secondary N) is 1. The molecule has 2 aromatic rings. The first kappa shape index (κ1) is 13.4. The summed E-state index contributed by atoms with van der Waals surface area (Å²) < 4.78 is 7.65. The van der Waals surface area contributed by atoms with E-state index in [2.05, 4.69) is 39.6 Å². The van der Waals surface area contributed by atoms with Crippen LogP contribution in [0.2, 0.25) is 0 Å². The maximum Gasteiger partial charge on any atom is 0.119 e. The quantitative estimate of drug-likeness (QED) is 0.940. The summed E-state index contributed by atoms with van der Waals surface area (Å²) >= 11 is 1.73. The van der Waals surface area contributed by atoms with Gasteiger partial charge in [0.05, 0.1) is 19.2 Å². The minimum atomic E-state index is 0.864. The molecular formula is C15H19N3OS. The number of fused-ring (bicyclic) bond motifs is 1.